The van der Waals surface area contributed by atoms with E-state index in [-0.39, 0.29) is 5.54 Å². The minimum absolute atomic E-state index is 0.0742. The predicted octanol–water partition coefficient (Wildman–Crippen LogP) is 2.50. The zero-order valence-corrected chi connectivity index (χ0v) is 14.9. The maximum atomic E-state index is 4.50. The summed E-state index contributed by atoms with van der Waals surface area (Å²) in [6.45, 7) is 12.7. The second-order valence-electron chi connectivity index (χ2n) is 6.17. The molecule has 21 heavy (non-hydrogen) atoms. The van der Waals surface area contributed by atoms with Crippen molar-refractivity contribution in [1.29, 1.82) is 0 Å². The molecule has 0 radical (unpaired) electrons. The summed E-state index contributed by atoms with van der Waals surface area (Å²) in [4.78, 5) is 0. The van der Waals surface area contributed by atoms with Gasteiger partial charge in [0, 0.05) is 18.6 Å². The Morgan fingerprint density at radius 1 is 1.33 bits per heavy atom. The molecule has 2 aromatic rings. The van der Waals surface area contributed by atoms with Crippen LogP contribution in [-0.4, -0.2) is 30.3 Å². The van der Waals surface area contributed by atoms with Gasteiger partial charge in [0.25, 0.3) is 0 Å². The minimum Gasteiger partial charge on any atom is -0.306 e. The van der Waals surface area contributed by atoms with Crippen LogP contribution in [0.15, 0.2) is 10.7 Å². The summed E-state index contributed by atoms with van der Waals surface area (Å²) >= 11 is 3.61. The number of aryl methyl sites for hydroxylation is 2. The molecule has 1 N–H and O–H groups in total. The molecule has 0 saturated carbocycles. The second-order valence-corrected chi connectivity index (χ2v) is 6.97. The molecule has 0 amide bonds. The van der Waals surface area contributed by atoms with Crippen molar-refractivity contribution in [3.63, 3.8) is 0 Å². The fourth-order valence-electron chi connectivity index (χ4n) is 2.03. The lowest BCUT2D eigenvalue weighted by atomic mass is 10.1. The molecule has 0 saturated heterocycles. The molecule has 0 spiro atoms. The summed E-state index contributed by atoms with van der Waals surface area (Å²) in [7, 11) is 0. The standard InChI is InChI=1S/C14H23BrN6/c1-6-21-12(13(15)10(2)18-21)9-20-8-11(17-19-20)7-16-14(3,4)5/h8,16H,6-7,9H2,1-5H3. The molecule has 0 aliphatic carbocycles. The molecule has 0 unspecified atom stereocenters. The van der Waals surface area contributed by atoms with E-state index in [0.29, 0.717) is 6.54 Å². The summed E-state index contributed by atoms with van der Waals surface area (Å²) in [6, 6.07) is 0. The molecule has 7 heteroatoms. The summed E-state index contributed by atoms with van der Waals surface area (Å²) in [6.07, 6.45) is 1.98. The third-order valence-electron chi connectivity index (χ3n) is 3.15. The number of nitrogens with one attached hydrogen (secondary N) is 1. The zero-order chi connectivity index (χ0) is 15.6. The van der Waals surface area contributed by atoms with E-state index >= 15 is 0 Å². The molecule has 0 aromatic carbocycles. The Balaban J connectivity index is 2.09. The zero-order valence-electron chi connectivity index (χ0n) is 13.3. The van der Waals surface area contributed by atoms with Crippen molar-refractivity contribution < 1.29 is 0 Å². The first-order chi connectivity index (χ1) is 9.80. The highest BCUT2D eigenvalue weighted by atomic mass is 79.9. The van der Waals surface area contributed by atoms with Crippen LogP contribution in [0.2, 0.25) is 0 Å². The van der Waals surface area contributed by atoms with Gasteiger partial charge in [-0.1, -0.05) is 5.21 Å². The van der Waals surface area contributed by atoms with Gasteiger partial charge in [0.1, 0.15) is 0 Å². The number of nitrogens with zero attached hydrogens (tertiary/aromatic N) is 5. The smallest absolute Gasteiger partial charge is 0.0965 e. The Bertz CT molecular complexity index is 607. The van der Waals surface area contributed by atoms with Crippen molar-refractivity contribution >= 4 is 15.9 Å². The third kappa shape index (κ3) is 4.14. The minimum atomic E-state index is 0.0742. The van der Waals surface area contributed by atoms with Crippen LogP contribution in [-0.2, 0) is 19.6 Å². The van der Waals surface area contributed by atoms with E-state index in [1.807, 2.05) is 22.5 Å². The van der Waals surface area contributed by atoms with Crippen LogP contribution in [0, 0.1) is 6.92 Å². The van der Waals surface area contributed by atoms with Crippen molar-refractivity contribution in [3.8, 4) is 0 Å². The van der Waals surface area contributed by atoms with Crippen molar-refractivity contribution in [1.82, 2.24) is 30.1 Å². The molecule has 0 bridgehead atoms. The van der Waals surface area contributed by atoms with Crippen LogP contribution in [0.25, 0.3) is 0 Å². The van der Waals surface area contributed by atoms with Gasteiger partial charge in [-0.15, -0.1) is 5.10 Å². The van der Waals surface area contributed by atoms with Crippen molar-refractivity contribution in [3.05, 3.63) is 27.8 Å². The number of hydrogen-bond acceptors (Lipinski definition) is 4. The molecule has 6 nitrogen and oxygen atoms in total. The van der Waals surface area contributed by atoms with E-state index in [2.05, 4.69) is 64.4 Å². The van der Waals surface area contributed by atoms with Crippen molar-refractivity contribution in [2.75, 3.05) is 0 Å². The van der Waals surface area contributed by atoms with E-state index in [4.69, 9.17) is 0 Å². The van der Waals surface area contributed by atoms with Crippen LogP contribution in [0.4, 0.5) is 0 Å². The van der Waals surface area contributed by atoms with Gasteiger partial charge in [-0.3, -0.25) is 4.68 Å². The number of halogens is 1. The van der Waals surface area contributed by atoms with E-state index in [1.165, 1.54) is 0 Å². The Morgan fingerprint density at radius 3 is 2.67 bits per heavy atom. The largest absolute Gasteiger partial charge is 0.306 e. The van der Waals surface area contributed by atoms with E-state index < -0.39 is 0 Å². The fraction of sp³-hybridized carbons (Fsp3) is 0.643. The average Bonchev–Trinajstić information content (AvgIpc) is 2.95. The average molecular weight is 355 g/mol. The first kappa shape index (κ1) is 16.2. The first-order valence-electron chi connectivity index (χ1n) is 7.16. The van der Waals surface area contributed by atoms with Crippen molar-refractivity contribution in [2.24, 2.45) is 0 Å². The highest BCUT2D eigenvalue weighted by Gasteiger charge is 2.14. The molecule has 0 aliphatic rings. The van der Waals surface area contributed by atoms with Crippen LogP contribution in [0.3, 0.4) is 0 Å². The Hall–Kier alpha value is -1.21. The van der Waals surface area contributed by atoms with E-state index in [9.17, 15) is 0 Å². The summed E-state index contributed by atoms with van der Waals surface area (Å²) in [5, 5.41) is 16.3. The van der Waals surface area contributed by atoms with Gasteiger partial charge in [-0.25, -0.2) is 4.68 Å². The molecule has 0 atom stereocenters. The summed E-state index contributed by atoms with van der Waals surface area (Å²) in [5.74, 6) is 0. The third-order valence-corrected chi connectivity index (χ3v) is 4.18. The lowest BCUT2D eigenvalue weighted by Gasteiger charge is -2.19. The fourth-order valence-corrected chi connectivity index (χ4v) is 2.44. The van der Waals surface area contributed by atoms with E-state index in [1.54, 1.807) is 0 Å². The summed E-state index contributed by atoms with van der Waals surface area (Å²) < 4.78 is 4.90. The monoisotopic (exact) mass is 354 g/mol. The lowest BCUT2D eigenvalue weighted by Crippen LogP contribution is -2.35. The van der Waals surface area contributed by atoms with Gasteiger partial charge in [0.2, 0.25) is 0 Å². The van der Waals surface area contributed by atoms with Crippen LogP contribution in [0.5, 0.6) is 0 Å². The quantitative estimate of drug-likeness (QED) is 0.895. The Morgan fingerprint density at radius 2 is 2.05 bits per heavy atom. The predicted molar refractivity (Wildman–Crippen MR) is 86.1 cm³/mol. The second kappa shape index (κ2) is 6.27. The van der Waals surface area contributed by atoms with Gasteiger partial charge in [-0.05, 0) is 50.5 Å². The van der Waals surface area contributed by atoms with Gasteiger partial charge in [0.15, 0.2) is 0 Å². The molecular formula is C14H23BrN6. The Labute approximate surface area is 134 Å². The summed E-state index contributed by atoms with van der Waals surface area (Å²) in [5.41, 5.74) is 3.14. The molecule has 0 fully saturated rings. The Kier molecular flexibility index (Phi) is 4.83. The van der Waals surface area contributed by atoms with Crippen molar-refractivity contribution in [2.45, 2.75) is 59.8 Å². The molecule has 0 aliphatic heterocycles. The van der Waals surface area contributed by atoms with Gasteiger partial charge >= 0.3 is 0 Å². The van der Waals surface area contributed by atoms with Crippen LogP contribution >= 0.6 is 15.9 Å². The number of aromatic nitrogens is 5. The topological polar surface area (TPSA) is 60.6 Å². The van der Waals surface area contributed by atoms with Gasteiger partial charge in [-0.2, -0.15) is 5.10 Å². The van der Waals surface area contributed by atoms with Crippen LogP contribution < -0.4 is 5.32 Å². The van der Waals surface area contributed by atoms with Gasteiger partial charge in [0.05, 0.1) is 34.3 Å². The highest BCUT2D eigenvalue weighted by Crippen LogP contribution is 2.21. The number of hydrogen-bond donors (Lipinski definition) is 1. The highest BCUT2D eigenvalue weighted by molar-refractivity contribution is 9.10. The van der Waals surface area contributed by atoms with E-state index in [0.717, 1.165) is 34.6 Å². The SMILES string of the molecule is CCn1nc(C)c(Br)c1Cn1cc(CNC(C)(C)C)nn1. The molecule has 2 heterocycles. The number of rotatable bonds is 5. The maximum Gasteiger partial charge on any atom is 0.0965 e. The van der Waals surface area contributed by atoms with Gasteiger partial charge < -0.3 is 5.32 Å². The lowest BCUT2D eigenvalue weighted by molar-refractivity contribution is 0.421. The molecule has 2 aromatic heterocycles. The van der Waals surface area contributed by atoms with Crippen LogP contribution in [0.1, 0.15) is 44.8 Å². The first-order valence-corrected chi connectivity index (χ1v) is 7.95. The molecule has 116 valence electrons. The molecule has 2 rings (SSSR count). The maximum absolute atomic E-state index is 4.50. The normalized spacial score (nSPS) is 12.1. The molecular weight excluding hydrogens is 332 g/mol.